The van der Waals surface area contributed by atoms with Crippen molar-refractivity contribution in [3.63, 3.8) is 0 Å². The highest BCUT2D eigenvalue weighted by Crippen LogP contribution is 2.15. The Labute approximate surface area is 119 Å². The largest absolute Gasteiger partial charge is 0.349 e. The summed E-state index contributed by atoms with van der Waals surface area (Å²) in [4.78, 5) is 11.3. The highest BCUT2D eigenvalue weighted by Gasteiger charge is 2.26. The summed E-state index contributed by atoms with van der Waals surface area (Å²) in [6.45, 7) is -1.49. The number of carbonyl (C=O) groups is 1. The Morgan fingerprint density at radius 2 is 2.00 bits per heavy atom. The van der Waals surface area contributed by atoms with Crippen molar-refractivity contribution < 1.29 is 13.6 Å². The van der Waals surface area contributed by atoms with Crippen molar-refractivity contribution in [2.45, 2.75) is 11.7 Å². The Bertz CT molecular complexity index is 415. The first-order chi connectivity index (χ1) is 8.93. The Kier molecular flexibility index (Phi) is 6.54. The molecule has 0 aliphatic rings. The van der Waals surface area contributed by atoms with Crippen LogP contribution in [0, 0.1) is 0 Å². The molecule has 0 spiro atoms. The molecule has 0 heterocycles. The van der Waals surface area contributed by atoms with Crippen LogP contribution in [-0.4, -0.2) is 30.7 Å². The predicted molar refractivity (Wildman–Crippen MR) is 74.6 cm³/mol. The zero-order chi connectivity index (χ0) is 14.3. The lowest BCUT2D eigenvalue weighted by Crippen LogP contribution is -2.42. The minimum absolute atomic E-state index is 0.128. The van der Waals surface area contributed by atoms with Gasteiger partial charge in [-0.1, -0.05) is 23.7 Å². The summed E-state index contributed by atoms with van der Waals surface area (Å²) in [5.41, 5.74) is 5.89. The Hall–Kier alpha value is -0.850. The van der Waals surface area contributed by atoms with Crippen molar-refractivity contribution in [1.82, 2.24) is 5.32 Å². The SMILES string of the molecule is NCC(F)(F)CNC(=O)CSCc1ccc(Cl)cc1. The summed E-state index contributed by atoms with van der Waals surface area (Å²) in [7, 11) is 0. The van der Waals surface area contributed by atoms with Gasteiger partial charge < -0.3 is 11.1 Å². The summed E-state index contributed by atoms with van der Waals surface area (Å²) < 4.78 is 25.6. The third-order valence-electron chi connectivity index (χ3n) is 2.26. The van der Waals surface area contributed by atoms with E-state index in [4.69, 9.17) is 17.3 Å². The molecule has 0 aromatic heterocycles. The molecule has 1 rings (SSSR count). The molecule has 1 aromatic carbocycles. The maximum absolute atomic E-state index is 12.8. The van der Waals surface area contributed by atoms with Crippen LogP contribution in [0.3, 0.4) is 0 Å². The minimum Gasteiger partial charge on any atom is -0.349 e. The van der Waals surface area contributed by atoms with Crippen LogP contribution in [0.25, 0.3) is 0 Å². The first-order valence-corrected chi connectivity index (χ1v) is 7.13. The molecule has 1 amide bonds. The second kappa shape index (κ2) is 7.67. The van der Waals surface area contributed by atoms with Gasteiger partial charge in [-0.05, 0) is 17.7 Å². The van der Waals surface area contributed by atoms with Crippen molar-refractivity contribution in [2.24, 2.45) is 5.73 Å². The van der Waals surface area contributed by atoms with Gasteiger partial charge in [0.05, 0.1) is 18.8 Å². The van der Waals surface area contributed by atoms with Crippen LogP contribution in [-0.2, 0) is 10.5 Å². The molecule has 7 heteroatoms. The van der Waals surface area contributed by atoms with Gasteiger partial charge in [0.15, 0.2) is 0 Å². The second-order valence-corrected chi connectivity index (χ2v) is 5.38. The Morgan fingerprint density at radius 1 is 1.37 bits per heavy atom. The third-order valence-corrected chi connectivity index (χ3v) is 3.51. The fourth-order valence-corrected chi connectivity index (χ4v) is 2.14. The molecule has 0 fully saturated rings. The van der Waals surface area contributed by atoms with Crippen LogP contribution in [0.1, 0.15) is 5.56 Å². The van der Waals surface area contributed by atoms with Crippen molar-refractivity contribution in [3.8, 4) is 0 Å². The van der Waals surface area contributed by atoms with E-state index in [1.54, 1.807) is 12.1 Å². The Morgan fingerprint density at radius 3 is 2.58 bits per heavy atom. The fourth-order valence-electron chi connectivity index (χ4n) is 1.19. The smallest absolute Gasteiger partial charge is 0.277 e. The number of halogens is 3. The van der Waals surface area contributed by atoms with Gasteiger partial charge in [-0.25, -0.2) is 8.78 Å². The summed E-state index contributed by atoms with van der Waals surface area (Å²) in [5.74, 6) is -2.72. The summed E-state index contributed by atoms with van der Waals surface area (Å²) in [5, 5.41) is 2.81. The highest BCUT2D eigenvalue weighted by molar-refractivity contribution is 7.99. The molecular weight excluding hydrogens is 294 g/mol. The van der Waals surface area contributed by atoms with Gasteiger partial charge >= 0.3 is 0 Å². The molecule has 0 saturated carbocycles. The number of hydrogen-bond acceptors (Lipinski definition) is 3. The lowest BCUT2D eigenvalue weighted by molar-refractivity contribution is -0.120. The number of amides is 1. The summed E-state index contributed by atoms with van der Waals surface area (Å²) >= 11 is 7.09. The van der Waals surface area contributed by atoms with Crippen LogP contribution in [0.15, 0.2) is 24.3 Å². The number of carbonyl (C=O) groups excluding carboxylic acids is 1. The zero-order valence-corrected chi connectivity index (χ0v) is 11.7. The van der Waals surface area contributed by atoms with Crippen LogP contribution >= 0.6 is 23.4 Å². The van der Waals surface area contributed by atoms with Crippen molar-refractivity contribution >= 4 is 29.3 Å². The van der Waals surface area contributed by atoms with E-state index >= 15 is 0 Å². The van der Waals surface area contributed by atoms with E-state index < -0.39 is 24.9 Å². The molecule has 0 saturated heterocycles. The van der Waals surface area contributed by atoms with E-state index in [9.17, 15) is 13.6 Å². The molecule has 106 valence electrons. The van der Waals surface area contributed by atoms with Crippen molar-refractivity contribution in [1.29, 1.82) is 0 Å². The highest BCUT2D eigenvalue weighted by atomic mass is 35.5. The van der Waals surface area contributed by atoms with E-state index in [1.165, 1.54) is 11.8 Å². The van der Waals surface area contributed by atoms with Crippen LogP contribution in [0.4, 0.5) is 8.78 Å². The van der Waals surface area contributed by atoms with Gasteiger partial charge in [-0.15, -0.1) is 11.8 Å². The number of nitrogens with one attached hydrogen (secondary N) is 1. The average Bonchev–Trinajstić information content (AvgIpc) is 2.39. The fraction of sp³-hybridized carbons (Fsp3) is 0.417. The number of benzene rings is 1. The number of hydrogen-bond donors (Lipinski definition) is 2. The number of thioether (sulfide) groups is 1. The summed E-state index contributed by atoms with van der Waals surface area (Å²) in [6, 6.07) is 7.24. The second-order valence-electron chi connectivity index (χ2n) is 3.96. The molecule has 0 unspecified atom stereocenters. The number of alkyl halides is 2. The van der Waals surface area contributed by atoms with Crippen molar-refractivity contribution in [2.75, 3.05) is 18.8 Å². The zero-order valence-electron chi connectivity index (χ0n) is 10.2. The quantitative estimate of drug-likeness (QED) is 0.812. The maximum Gasteiger partial charge on any atom is 0.277 e. The first-order valence-electron chi connectivity index (χ1n) is 5.60. The van der Waals surface area contributed by atoms with Gasteiger partial charge in [0, 0.05) is 10.8 Å². The molecule has 0 bridgehead atoms. The predicted octanol–water partition coefficient (Wildman–Crippen LogP) is 2.28. The topological polar surface area (TPSA) is 55.1 Å². The van der Waals surface area contributed by atoms with E-state index in [-0.39, 0.29) is 5.75 Å². The van der Waals surface area contributed by atoms with E-state index in [0.717, 1.165) is 5.56 Å². The molecule has 0 aliphatic heterocycles. The molecule has 0 aliphatic carbocycles. The first kappa shape index (κ1) is 16.2. The normalized spacial score (nSPS) is 11.4. The van der Waals surface area contributed by atoms with Gasteiger partial charge in [0.1, 0.15) is 0 Å². The number of nitrogens with two attached hydrogens (primary N) is 1. The molecule has 3 nitrogen and oxygen atoms in total. The Balaban J connectivity index is 2.22. The maximum atomic E-state index is 12.8. The average molecular weight is 309 g/mol. The molecule has 3 N–H and O–H groups in total. The van der Waals surface area contributed by atoms with E-state index in [0.29, 0.717) is 10.8 Å². The number of rotatable bonds is 7. The van der Waals surface area contributed by atoms with Crippen LogP contribution < -0.4 is 11.1 Å². The van der Waals surface area contributed by atoms with Gasteiger partial charge in [0.25, 0.3) is 5.92 Å². The standard InChI is InChI=1S/C12H15ClF2N2OS/c13-10-3-1-9(2-4-10)5-19-6-11(18)17-8-12(14,15)7-16/h1-4H,5-8,16H2,(H,17,18). The minimum atomic E-state index is -3.05. The van der Waals surface area contributed by atoms with Crippen molar-refractivity contribution in [3.05, 3.63) is 34.9 Å². The van der Waals surface area contributed by atoms with E-state index in [2.05, 4.69) is 5.32 Å². The molecular formula is C12H15ClF2N2OS. The van der Waals surface area contributed by atoms with Crippen LogP contribution in [0.5, 0.6) is 0 Å². The molecule has 19 heavy (non-hydrogen) atoms. The lowest BCUT2D eigenvalue weighted by Gasteiger charge is -2.14. The third kappa shape index (κ3) is 6.75. The lowest BCUT2D eigenvalue weighted by atomic mass is 10.2. The molecule has 0 radical (unpaired) electrons. The molecule has 1 aromatic rings. The van der Waals surface area contributed by atoms with Crippen LogP contribution in [0.2, 0.25) is 5.02 Å². The van der Waals surface area contributed by atoms with E-state index in [1.807, 2.05) is 12.1 Å². The monoisotopic (exact) mass is 308 g/mol. The summed E-state index contributed by atoms with van der Waals surface area (Å²) in [6.07, 6.45) is 0. The van der Waals surface area contributed by atoms with Gasteiger partial charge in [-0.3, -0.25) is 4.79 Å². The molecule has 0 atom stereocenters. The van der Waals surface area contributed by atoms with Gasteiger partial charge in [-0.2, -0.15) is 0 Å². The van der Waals surface area contributed by atoms with Gasteiger partial charge in [0.2, 0.25) is 5.91 Å².